The molecule has 2 aliphatic heterocycles. The number of ether oxygens (including phenoxy) is 2. The van der Waals surface area contributed by atoms with Gasteiger partial charge in [0.2, 0.25) is 10.0 Å². The number of hydrogen-bond donors (Lipinski definition) is 2. The van der Waals surface area contributed by atoms with E-state index in [1.807, 2.05) is 0 Å². The lowest BCUT2D eigenvalue weighted by molar-refractivity contribution is -0.139. The number of nitrogens with one attached hydrogen (secondary N) is 2. The Bertz CT molecular complexity index is 861. The molecular weight excluding hydrogens is 492 g/mol. The third-order valence-corrected chi connectivity index (χ3v) is 7.48. The van der Waals surface area contributed by atoms with Gasteiger partial charge in [-0.15, -0.1) is 0 Å². The predicted molar refractivity (Wildman–Crippen MR) is 116 cm³/mol. The van der Waals surface area contributed by atoms with Crippen molar-refractivity contribution in [1.82, 2.24) is 19.8 Å². The number of sulfonamides is 1. The molecule has 12 heteroatoms. The second kappa shape index (κ2) is 11.3. The molecule has 2 amide bonds. The van der Waals surface area contributed by atoms with Gasteiger partial charge in [-0.1, -0.05) is 15.9 Å². The van der Waals surface area contributed by atoms with Crippen LogP contribution in [0.3, 0.4) is 0 Å². The average Bonchev–Trinajstić information content (AvgIpc) is 3.25. The Morgan fingerprint density at radius 2 is 1.71 bits per heavy atom. The summed E-state index contributed by atoms with van der Waals surface area (Å²) in [7, 11) is -3.78. The first kappa shape index (κ1) is 24.1. The molecule has 0 aliphatic carbocycles. The van der Waals surface area contributed by atoms with Gasteiger partial charge in [-0.2, -0.15) is 4.31 Å². The van der Waals surface area contributed by atoms with Crippen molar-refractivity contribution < 1.29 is 27.5 Å². The van der Waals surface area contributed by atoms with Gasteiger partial charge in [-0.3, -0.25) is 14.5 Å². The molecule has 2 aliphatic rings. The molecule has 1 aromatic carbocycles. The fourth-order valence-corrected chi connectivity index (χ4v) is 5.13. The van der Waals surface area contributed by atoms with E-state index in [2.05, 4.69) is 31.5 Å². The Labute approximate surface area is 190 Å². The third kappa shape index (κ3) is 6.70. The number of morpholine rings is 1. The average molecular weight is 519 g/mol. The minimum absolute atomic E-state index is 0.115. The van der Waals surface area contributed by atoms with Crippen molar-refractivity contribution in [3.8, 4) is 0 Å². The molecule has 0 saturated carbocycles. The maximum Gasteiger partial charge on any atom is 0.309 e. The van der Waals surface area contributed by atoms with Gasteiger partial charge < -0.3 is 20.1 Å². The van der Waals surface area contributed by atoms with Gasteiger partial charge in [-0.05, 0) is 37.2 Å². The highest BCUT2D eigenvalue weighted by Gasteiger charge is 2.36. The van der Waals surface area contributed by atoms with Gasteiger partial charge in [0.1, 0.15) is 6.23 Å². The normalized spacial score (nSPS) is 20.5. The molecule has 31 heavy (non-hydrogen) atoms. The van der Waals surface area contributed by atoms with E-state index in [4.69, 9.17) is 9.47 Å². The van der Waals surface area contributed by atoms with Crippen LogP contribution in [-0.2, 0) is 29.1 Å². The van der Waals surface area contributed by atoms with Crippen molar-refractivity contribution in [2.45, 2.75) is 17.5 Å². The topological polar surface area (TPSA) is 117 Å². The summed E-state index contributed by atoms with van der Waals surface area (Å²) in [5, 5.41) is 5.04. The molecular formula is C19H27BrN4O6S. The number of amides is 2. The maximum absolute atomic E-state index is 12.9. The van der Waals surface area contributed by atoms with Crippen molar-refractivity contribution in [2.24, 2.45) is 0 Å². The van der Waals surface area contributed by atoms with Crippen LogP contribution in [0, 0.1) is 0 Å². The van der Waals surface area contributed by atoms with Crippen LogP contribution in [-0.4, -0.2) is 94.8 Å². The van der Waals surface area contributed by atoms with Crippen LogP contribution in [0.5, 0.6) is 0 Å². The first-order valence-corrected chi connectivity index (χ1v) is 12.4. The van der Waals surface area contributed by atoms with Crippen molar-refractivity contribution >= 4 is 37.8 Å². The molecule has 1 atom stereocenters. The minimum Gasteiger partial charge on any atom is -0.379 e. The lowest BCUT2D eigenvalue weighted by Crippen LogP contribution is -2.47. The highest BCUT2D eigenvalue weighted by Crippen LogP contribution is 2.23. The second-order valence-corrected chi connectivity index (χ2v) is 9.97. The largest absolute Gasteiger partial charge is 0.379 e. The van der Waals surface area contributed by atoms with Crippen molar-refractivity contribution in [2.75, 3.05) is 59.1 Å². The van der Waals surface area contributed by atoms with E-state index in [0.717, 1.165) is 30.5 Å². The lowest BCUT2D eigenvalue weighted by Gasteiger charge is -2.26. The molecule has 0 radical (unpaired) electrons. The molecule has 2 N–H and O–H groups in total. The van der Waals surface area contributed by atoms with Crippen LogP contribution in [0.15, 0.2) is 33.6 Å². The summed E-state index contributed by atoms with van der Waals surface area (Å²) in [5.74, 6) is -1.56. The molecule has 2 saturated heterocycles. The molecule has 10 nitrogen and oxygen atoms in total. The van der Waals surface area contributed by atoms with Gasteiger partial charge in [0.05, 0.1) is 31.3 Å². The lowest BCUT2D eigenvalue weighted by atomic mass is 10.3. The maximum atomic E-state index is 12.9. The van der Waals surface area contributed by atoms with E-state index in [0.29, 0.717) is 19.8 Å². The fourth-order valence-electron chi connectivity index (χ4n) is 3.35. The molecule has 1 aromatic rings. The summed E-state index contributed by atoms with van der Waals surface area (Å²) in [6.45, 7) is 4.65. The molecule has 0 bridgehead atoms. The zero-order chi connectivity index (χ0) is 22.3. The summed E-state index contributed by atoms with van der Waals surface area (Å²) in [4.78, 5) is 26.5. The highest BCUT2D eigenvalue weighted by molar-refractivity contribution is 9.10. The van der Waals surface area contributed by atoms with E-state index < -0.39 is 28.1 Å². The number of carbonyl (C=O) groups is 2. The van der Waals surface area contributed by atoms with E-state index in [9.17, 15) is 18.0 Å². The smallest absolute Gasteiger partial charge is 0.309 e. The molecule has 3 rings (SSSR count). The van der Waals surface area contributed by atoms with Crippen LogP contribution in [0.4, 0.5) is 0 Å². The van der Waals surface area contributed by atoms with Crippen molar-refractivity contribution in [1.29, 1.82) is 0 Å². The van der Waals surface area contributed by atoms with Crippen LogP contribution >= 0.6 is 15.9 Å². The number of nitrogens with zero attached hydrogens (tertiary/aromatic N) is 2. The third-order valence-electron chi connectivity index (χ3n) is 5.05. The monoisotopic (exact) mass is 518 g/mol. The Morgan fingerprint density at radius 3 is 2.42 bits per heavy atom. The Balaban J connectivity index is 1.43. The molecule has 172 valence electrons. The van der Waals surface area contributed by atoms with Gasteiger partial charge >= 0.3 is 11.8 Å². The highest BCUT2D eigenvalue weighted by atomic mass is 79.9. The van der Waals surface area contributed by atoms with E-state index in [1.54, 1.807) is 12.1 Å². The van der Waals surface area contributed by atoms with Gasteiger partial charge in [0.25, 0.3) is 0 Å². The molecule has 2 heterocycles. The molecule has 0 aromatic heterocycles. The van der Waals surface area contributed by atoms with E-state index in [1.165, 1.54) is 16.4 Å². The minimum atomic E-state index is -3.78. The number of carbonyl (C=O) groups excluding carboxylic acids is 2. The molecule has 0 spiro atoms. The Kier molecular flexibility index (Phi) is 8.81. The SMILES string of the molecule is O=C(NCCCN1CCOCC1)C(=O)NC[C@H]1OCCN1S(=O)(=O)c1ccc(Br)cc1. The quantitative estimate of drug-likeness (QED) is 0.360. The van der Waals surface area contributed by atoms with Crippen LogP contribution in [0.1, 0.15) is 6.42 Å². The number of hydrogen-bond acceptors (Lipinski definition) is 7. The summed E-state index contributed by atoms with van der Waals surface area (Å²) >= 11 is 3.28. The standard InChI is InChI=1S/C19H27BrN4O6S/c20-15-2-4-16(5-3-15)31(27,28)24-10-13-30-17(24)14-22-19(26)18(25)21-6-1-7-23-8-11-29-12-9-23/h2-5,17H,1,6-14H2,(H,21,25)(H,22,26)/t17-/m1/s1. The van der Waals surface area contributed by atoms with Gasteiger partial charge in [0.15, 0.2) is 0 Å². The fraction of sp³-hybridized carbons (Fsp3) is 0.579. The second-order valence-electron chi connectivity index (χ2n) is 7.17. The first-order chi connectivity index (χ1) is 14.9. The Hall–Kier alpha value is -1.57. The van der Waals surface area contributed by atoms with E-state index >= 15 is 0 Å². The zero-order valence-corrected chi connectivity index (χ0v) is 19.5. The van der Waals surface area contributed by atoms with Crippen molar-refractivity contribution in [3.63, 3.8) is 0 Å². The summed E-state index contributed by atoms with van der Waals surface area (Å²) in [6.07, 6.45) is -0.143. The van der Waals surface area contributed by atoms with Crippen molar-refractivity contribution in [3.05, 3.63) is 28.7 Å². The van der Waals surface area contributed by atoms with Gasteiger partial charge in [0, 0.05) is 30.7 Å². The number of halogens is 1. The van der Waals surface area contributed by atoms with E-state index in [-0.39, 0.29) is 24.6 Å². The molecule has 0 unspecified atom stereocenters. The number of rotatable bonds is 8. The summed E-state index contributed by atoms with van der Waals surface area (Å²) in [6, 6.07) is 6.28. The van der Waals surface area contributed by atoms with Crippen LogP contribution in [0.25, 0.3) is 0 Å². The Morgan fingerprint density at radius 1 is 1.03 bits per heavy atom. The van der Waals surface area contributed by atoms with Crippen LogP contribution < -0.4 is 10.6 Å². The zero-order valence-electron chi connectivity index (χ0n) is 17.1. The first-order valence-electron chi connectivity index (χ1n) is 10.1. The number of benzene rings is 1. The van der Waals surface area contributed by atoms with Gasteiger partial charge in [-0.25, -0.2) is 8.42 Å². The molecule has 2 fully saturated rings. The van der Waals surface area contributed by atoms with Crippen LogP contribution in [0.2, 0.25) is 0 Å². The predicted octanol–water partition coefficient (Wildman–Crippen LogP) is -0.249. The summed E-state index contributed by atoms with van der Waals surface area (Å²) in [5.41, 5.74) is 0. The summed E-state index contributed by atoms with van der Waals surface area (Å²) < 4.78 is 38.4.